The monoisotopic (exact) mass is 213 g/mol. The van der Waals surface area contributed by atoms with Gasteiger partial charge < -0.3 is 0 Å². The molecule has 1 amide bonds. The molecule has 4 heteroatoms. The van der Waals surface area contributed by atoms with Crippen molar-refractivity contribution in [2.45, 2.75) is 39.7 Å². The van der Waals surface area contributed by atoms with Crippen molar-refractivity contribution in [2.75, 3.05) is 13.1 Å². The molecule has 0 spiro atoms. The van der Waals surface area contributed by atoms with Crippen molar-refractivity contribution in [3.63, 3.8) is 0 Å². The molecule has 1 heterocycles. The fourth-order valence-electron chi connectivity index (χ4n) is 2.44. The van der Waals surface area contributed by atoms with Crippen LogP contribution in [0, 0.1) is 11.8 Å². The quantitative estimate of drug-likeness (QED) is 0.404. The van der Waals surface area contributed by atoms with E-state index in [1.807, 2.05) is 13.8 Å². The van der Waals surface area contributed by atoms with Crippen LogP contribution < -0.4 is 11.3 Å². The van der Waals surface area contributed by atoms with Gasteiger partial charge in [0.05, 0.1) is 5.54 Å². The van der Waals surface area contributed by atoms with Gasteiger partial charge in [0.2, 0.25) is 0 Å². The molecule has 2 unspecified atom stereocenters. The first-order valence-corrected chi connectivity index (χ1v) is 5.64. The van der Waals surface area contributed by atoms with Crippen molar-refractivity contribution in [1.82, 2.24) is 10.3 Å². The Hall–Kier alpha value is -0.610. The van der Waals surface area contributed by atoms with E-state index in [2.05, 4.69) is 24.2 Å². The third-order valence-corrected chi connectivity index (χ3v) is 3.35. The lowest BCUT2D eigenvalue weighted by Gasteiger charge is -2.43. The minimum absolute atomic E-state index is 0.108. The number of carbonyl (C=O) groups excluding carboxylic acids is 1. The summed E-state index contributed by atoms with van der Waals surface area (Å²) in [7, 11) is 0. The summed E-state index contributed by atoms with van der Waals surface area (Å²) in [6.45, 7) is 10.3. The van der Waals surface area contributed by atoms with Gasteiger partial charge in [-0.1, -0.05) is 13.8 Å². The summed E-state index contributed by atoms with van der Waals surface area (Å²) in [5.74, 6) is 6.40. The summed E-state index contributed by atoms with van der Waals surface area (Å²) < 4.78 is 0. The fraction of sp³-hybridized carbons (Fsp3) is 0.909. The third kappa shape index (κ3) is 2.69. The highest BCUT2D eigenvalue weighted by atomic mass is 16.2. The van der Waals surface area contributed by atoms with Crippen molar-refractivity contribution >= 4 is 5.91 Å². The molecule has 15 heavy (non-hydrogen) atoms. The van der Waals surface area contributed by atoms with E-state index in [9.17, 15) is 4.79 Å². The molecule has 1 aliphatic rings. The molecular formula is C11H23N3O. The van der Waals surface area contributed by atoms with E-state index in [0.717, 1.165) is 13.1 Å². The predicted octanol–water partition coefficient (Wildman–Crippen LogP) is 0.733. The number of nitrogens with one attached hydrogen (secondary N) is 1. The van der Waals surface area contributed by atoms with Crippen molar-refractivity contribution in [3.8, 4) is 0 Å². The van der Waals surface area contributed by atoms with E-state index in [-0.39, 0.29) is 5.91 Å². The predicted molar refractivity (Wildman–Crippen MR) is 60.9 cm³/mol. The molecular weight excluding hydrogens is 190 g/mol. The zero-order chi connectivity index (χ0) is 11.6. The molecule has 0 saturated carbocycles. The van der Waals surface area contributed by atoms with Gasteiger partial charge in [0.1, 0.15) is 0 Å². The first-order valence-electron chi connectivity index (χ1n) is 5.64. The number of rotatable bonds is 2. The zero-order valence-corrected chi connectivity index (χ0v) is 10.2. The molecule has 0 aromatic carbocycles. The number of hydrogen-bond acceptors (Lipinski definition) is 3. The smallest absolute Gasteiger partial charge is 0.253 e. The van der Waals surface area contributed by atoms with Gasteiger partial charge in [0.15, 0.2) is 0 Å². The molecule has 0 bridgehead atoms. The van der Waals surface area contributed by atoms with Crippen LogP contribution in [0.5, 0.6) is 0 Å². The summed E-state index contributed by atoms with van der Waals surface area (Å²) in [6.07, 6.45) is 1.25. The van der Waals surface area contributed by atoms with Gasteiger partial charge >= 0.3 is 0 Å². The molecule has 0 radical (unpaired) electrons. The van der Waals surface area contributed by atoms with E-state index in [1.54, 1.807) is 0 Å². The van der Waals surface area contributed by atoms with Crippen LogP contribution >= 0.6 is 0 Å². The lowest BCUT2D eigenvalue weighted by Crippen LogP contribution is -2.59. The molecule has 1 saturated heterocycles. The second kappa shape index (κ2) is 4.49. The minimum atomic E-state index is -0.502. The molecule has 0 aromatic rings. The van der Waals surface area contributed by atoms with Crippen LogP contribution in [0.1, 0.15) is 34.1 Å². The number of amides is 1. The molecule has 0 aromatic heterocycles. The first kappa shape index (κ1) is 12.5. The van der Waals surface area contributed by atoms with Gasteiger partial charge in [-0.25, -0.2) is 5.84 Å². The van der Waals surface area contributed by atoms with Gasteiger partial charge in [-0.3, -0.25) is 15.1 Å². The van der Waals surface area contributed by atoms with Crippen molar-refractivity contribution in [1.29, 1.82) is 0 Å². The molecule has 3 N–H and O–H groups in total. The molecule has 4 nitrogen and oxygen atoms in total. The number of likely N-dealkylation sites (tertiary alicyclic amines) is 1. The number of nitrogens with two attached hydrogens (primary N) is 1. The van der Waals surface area contributed by atoms with Gasteiger partial charge in [-0.05, 0) is 32.1 Å². The zero-order valence-electron chi connectivity index (χ0n) is 10.2. The Morgan fingerprint density at radius 1 is 1.33 bits per heavy atom. The Labute approximate surface area is 92.2 Å². The maximum Gasteiger partial charge on any atom is 0.253 e. The molecule has 1 fully saturated rings. The van der Waals surface area contributed by atoms with Crippen LogP contribution in [0.3, 0.4) is 0 Å². The van der Waals surface area contributed by atoms with Crippen LogP contribution in [0.4, 0.5) is 0 Å². The number of nitrogens with zero attached hydrogens (tertiary/aromatic N) is 1. The highest BCUT2D eigenvalue weighted by molar-refractivity contribution is 5.84. The van der Waals surface area contributed by atoms with Gasteiger partial charge in [0, 0.05) is 13.1 Å². The van der Waals surface area contributed by atoms with Gasteiger partial charge in [0.25, 0.3) is 5.91 Å². The highest BCUT2D eigenvalue weighted by Crippen LogP contribution is 2.27. The Kier molecular flexibility index (Phi) is 3.73. The lowest BCUT2D eigenvalue weighted by molar-refractivity contribution is -0.133. The summed E-state index contributed by atoms with van der Waals surface area (Å²) >= 11 is 0. The Morgan fingerprint density at radius 2 is 1.80 bits per heavy atom. The Morgan fingerprint density at radius 3 is 2.20 bits per heavy atom. The molecule has 1 aliphatic heterocycles. The maximum absolute atomic E-state index is 11.7. The van der Waals surface area contributed by atoms with E-state index >= 15 is 0 Å². The molecule has 0 aliphatic carbocycles. The average molecular weight is 213 g/mol. The Balaban J connectivity index is 2.73. The Bertz CT molecular complexity index is 230. The second-order valence-corrected chi connectivity index (χ2v) is 5.38. The van der Waals surface area contributed by atoms with Crippen LogP contribution in [-0.4, -0.2) is 29.4 Å². The number of hydrazine groups is 1. The minimum Gasteiger partial charge on any atom is -0.293 e. The molecule has 88 valence electrons. The topological polar surface area (TPSA) is 58.4 Å². The lowest BCUT2D eigenvalue weighted by atomic mass is 9.88. The summed E-state index contributed by atoms with van der Waals surface area (Å²) in [4.78, 5) is 13.9. The number of hydrogen-bond donors (Lipinski definition) is 2. The SMILES string of the molecule is CC1CC(C)CN(C(C)(C)C(=O)NN)C1. The summed E-state index contributed by atoms with van der Waals surface area (Å²) in [6, 6.07) is 0. The van der Waals surface area contributed by atoms with Gasteiger partial charge in [-0.15, -0.1) is 0 Å². The normalized spacial score (nSPS) is 28.9. The molecule has 2 atom stereocenters. The van der Waals surface area contributed by atoms with Crippen molar-refractivity contribution < 1.29 is 4.79 Å². The first-order chi connectivity index (χ1) is 6.87. The van der Waals surface area contributed by atoms with Crippen LogP contribution in [-0.2, 0) is 4.79 Å². The van der Waals surface area contributed by atoms with Gasteiger partial charge in [-0.2, -0.15) is 0 Å². The van der Waals surface area contributed by atoms with E-state index < -0.39 is 5.54 Å². The maximum atomic E-state index is 11.7. The van der Waals surface area contributed by atoms with E-state index in [1.165, 1.54) is 6.42 Å². The average Bonchev–Trinajstić information content (AvgIpc) is 2.15. The van der Waals surface area contributed by atoms with Crippen LogP contribution in [0.2, 0.25) is 0 Å². The largest absolute Gasteiger partial charge is 0.293 e. The summed E-state index contributed by atoms with van der Waals surface area (Å²) in [5, 5.41) is 0. The molecule has 1 rings (SSSR count). The van der Waals surface area contributed by atoms with Crippen molar-refractivity contribution in [2.24, 2.45) is 17.7 Å². The van der Waals surface area contributed by atoms with Crippen LogP contribution in [0.25, 0.3) is 0 Å². The fourth-order valence-corrected chi connectivity index (χ4v) is 2.44. The standard InChI is InChI=1S/C11H23N3O/c1-8-5-9(2)7-14(6-8)11(3,4)10(15)13-12/h8-9H,5-7,12H2,1-4H3,(H,13,15). The summed E-state index contributed by atoms with van der Waals surface area (Å²) in [5.41, 5.74) is 1.75. The number of carbonyl (C=O) groups is 1. The second-order valence-electron chi connectivity index (χ2n) is 5.38. The van der Waals surface area contributed by atoms with E-state index in [4.69, 9.17) is 5.84 Å². The van der Waals surface area contributed by atoms with E-state index in [0.29, 0.717) is 11.8 Å². The number of piperidine rings is 1. The highest BCUT2D eigenvalue weighted by Gasteiger charge is 2.37. The van der Waals surface area contributed by atoms with Crippen LogP contribution in [0.15, 0.2) is 0 Å². The third-order valence-electron chi connectivity index (χ3n) is 3.35. The van der Waals surface area contributed by atoms with Crippen molar-refractivity contribution in [3.05, 3.63) is 0 Å².